The Balaban J connectivity index is 2.24. The summed E-state index contributed by atoms with van der Waals surface area (Å²) in [6, 6.07) is 0. The van der Waals surface area contributed by atoms with E-state index in [1.165, 1.54) is 0 Å². The van der Waals surface area contributed by atoms with Gasteiger partial charge in [0.05, 0.1) is 12.1 Å². The average molecular weight is 240 g/mol. The number of allylic oxidation sites excluding steroid dienone is 1. The summed E-state index contributed by atoms with van der Waals surface area (Å²) in [6.07, 6.45) is 6.63. The Morgan fingerprint density at radius 3 is 2.71 bits per heavy atom. The number of aliphatic hydroxyl groups is 1. The van der Waals surface area contributed by atoms with Crippen LogP contribution in [0.25, 0.3) is 0 Å². The van der Waals surface area contributed by atoms with Crippen LogP contribution in [0.5, 0.6) is 0 Å². The van der Waals surface area contributed by atoms with E-state index in [4.69, 9.17) is 4.74 Å². The number of ether oxygens (including phenoxy) is 1. The van der Waals surface area contributed by atoms with Crippen LogP contribution in [0.1, 0.15) is 13.3 Å². The average Bonchev–Trinajstić information content (AvgIpc) is 2.71. The second-order valence-electron chi connectivity index (χ2n) is 4.95. The van der Waals surface area contributed by atoms with Gasteiger partial charge in [-0.15, -0.1) is 0 Å². The quantitative estimate of drug-likeness (QED) is 0.643. The number of likely N-dealkylation sites (N-methyl/N-ethyl adjacent to an activating group) is 1. The molecular formula is C13H24N2O2. The monoisotopic (exact) mass is 240 g/mol. The van der Waals surface area contributed by atoms with Gasteiger partial charge in [0.2, 0.25) is 0 Å². The molecule has 0 bridgehead atoms. The molecule has 1 heterocycles. The molecule has 1 aliphatic heterocycles. The first-order valence-corrected chi connectivity index (χ1v) is 6.15. The second kappa shape index (κ2) is 6.89. The zero-order chi connectivity index (χ0) is 12.7. The van der Waals surface area contributed by atoms with Gasteiger partial charge < -0.3 is 14.7 Å². The fourth-order valence-electron chi connectivity index (χ4n) is 1.87. The van der Waals surface area contributed by atoms with Crippen LogP contribution in [0.4, 0.5) is 0 Å². The van der Waals surface area contributed by atoms with E-state index in [9.17, 15) is 5.11 Å². The summed E-state index contributed by atoms with van der Waals surface area (Å²) in [6.45, 7) is 4.54. The molecule has 0 aromatic carbocycles. The molecule has 1 aliphatic rings. The number of rotatable bonds is 8. The van der Waals surface area contributed by atoms with E-state index in [0.29, 0.717) is 6.61 Å². The lowest BCUT2D eigenvalue weighted by molar-refractivity contribution is 0.0834. The predicted octanol–water partition coefficient (Wildman–Crippen LogP) is 0.963. The largest absolute Gasteiger partial charge is 0.396 e. The van der Waals surface area contributed by atoms with Gasteiger partial charge in [0.15, 0.2) is 0 Å². The summed E-state index contributed by atoms with van der Waals surface area (Å²) < 4.78 is 5.55. The lowest BCUT2D eigenvalue weighted by atomic mass is 9.85. The van der Waals surface area contributed by atoms with Crippen molar-refractivity contribution in [1.29, 1.82) is 0 Å². The third-order valence-electron chi connectivity index (χ3n) is 3.21. The normalized spacial score (nSPS) is 24.8. The van der Waals surface area contributed by atoms with E-state index >= 15 is 0 Å². The summed E-state index contributed by atoms with van der Waals surface area (Å²) in [5.74, 6) is 0.136. The third kappa shape index (κ3) is 4.58. The smallest absolute Gasteiger partial charge is 0.0813 e. The van der Waals surface area contributed by atoms with Gasteiger partial charge in [0.1, 0.15) is 0 Å². The van der Waals surface area contributed by atoms with Gasteiger partial charge in [-0.1, -0.05) is 6.08 Å². The van der Waals surface area contributed by atoms with Crippen molar-refractivity contribution in [2.24, 2.45) is 10.9 Å². The van der Waals surface area contributed by atoms with Crippen LogP contribution in [0.3, 0.4) is 0 Å². The van der Waals surface area contributed by atoms with Crippen LogP contribution in [-0.2, 0) is 4.74 Å². The van der Waals surface area contributed by atoms with Crippen LogP contribution in [0.2, 0.25) is 0 Å². The lowest BCUT2D eigenvalue weighted by Crippen LogP contribution is -2.33. The molecule has 0 amide bonds. The lowest BCUT2D eigenvalue weighted by Gasteiger charge is -2.28. The molecule has 4 heteroatoms. The van der Waals surface area contributed by atoms with Crippen LogP contribution in [0.15, 0.2) is 17.1 Å². The van der Waals surface area contributed by atoms with E-state index in [2.05, 4.69) is 9.89 Å². The molecule has 0 radical (unpaired) electrons. The first kappa shape index (κ1) is 14.4. The molecule has 0 fully saturated rings. The van der Waals surface area contributed by atoms with Crippen molar-refractivity contribution in [2.45, 2.75) is 18.9 Å². The maximum atomic E-state index is 9.42. The Bertz CT molecular complexity index is 263. The number of aliphatic hydroxyl groups excluding tert-OH is 1. The van der Waals surface area contributed by atoms with Crippen molar-refractivity contribution in [2.75, 3.05) is 40.5 Å². The molecule has 17 heavy (non-hydrogen) atoms. The van der Waals surface area contributed by atoms with Crippen LogP contribution in [0, 0.1) is 5.92 Å². The SMILES string of the molecule is CN(C)CCOCCC(CO)C1(C)C=CC=N1. The number of hydrogen-bond donors (Lipinski definition) is 1. The van der Waals surface area contributed by atoms with Crippen molar-refractivity contribution >= 4 is 6.21 Å². The van der Waals surface area contributed by atoms with E-state index in [-0.39, 0.29) is 18.1 Å². The van der Waals surface area contributed by atoms with Crippen LogP contribution < -0.4 is 0 Å². The van der Waals surface area contributed by atoms with Crippen molar-refractivity contribution < 1.29 is 9.84 Å². The minimum absolute atomic E-state index is 0.136. The van der Waals surface area contributed by atoms with Gasteiger partial charge >= 0.3 is 0 Å². The number of aliphatic imine (C=N–C) groups is 1. The van der Waals surface area contributed by atoms with Gasteiger partial charge in [-0.3, -0.25) is 4.99 Å². The maximum Gasteiger partial charge on any atom is 0.0813 e. The molecule has 1 N–H and O–H groups in total. The topological polar surface area (TPSA) is 45.1 Å². The molecule has 0 aromatic heterocycles. The Hall–Kier alpha value is -0.710. The molecule has 0 spiro atoms. The molecular weight excluding hydrogens is 216 g/mol. The molecule has 2 unspecified atom stereocenters. The van der Waals surface area contributed by atoms with E-state index in [1.54, 1.807) is 6.21 Å². The van der Waals surface area contributed by atoms with E-state index < -0.39 is 0 Å². The first-order chi connectivity index (χ1) is 8.08. The summed E-state index contributed by atoms with van der Waals surface area (Å²) >= 11 is 0. The van der Waals surface area contributed by atoms with Gasteiger partial charge in [-0.2, -0.15) is 0 Å². The summed E-state index contributed by atoms with van der Waals surface area (Å²) in [5, 5.41) is 9.42. The highest BCUT2D eigenvalue weighted by molar-refractivity contribution is 5.75. The highest BCUT2D eigenvalue weighted by Crippen LogP contribution is 2.28. The van der Waals surface area contributed by atoms with Gasteiger partial charge in [0.25, 0.3) is 0 Å². The Kier molecular flexibility index (Phi) is 5.82. The van der Waals surface area contributed by atoms with Crippen LogP contribution >= 0.6 is 0 Å². The predicted molar refractivity (Wildman–Crippen MR) is 70.6 cm³/mol. The fraction of sp³-hybridized carbons (Fsp3) is 0.769. The fourth-order valence-corrected chi connectivity index (χ4v) is 1.87. The second-order valence-corrected chi connectivity index (χ2v) is 4.95. The molecule has 1 rings (SSSR count). The highest BCUT2D eigenvalue weighted by atomic mass is 16.5. The van der Waals surface area contributed by atoms with E-state index in [1.807, 2.05) is 33.2 Å². The van der Waals surface area contributed by atoms with Gasteiger partial charge in [0, 0.05) is 31.9 Å². The molecule has 0 saturated heterocycles. The number of hydrogen-bond acceptors (Lipinski definition) is 4. The Labute approximate surface area is 104 Å². The molecule has 0 aromatic rings. The zero-order valence-corrected chi connectivity index (χ0v) is 11.1. The van der Waals surface area contributed by atoms with Gasteiger partial charge in [-0.25, -0.2) is 0 Å². The maximum absolute atomic E-state index is 9.42. The van der Waals surface area contributed by atoms with Crippen molar-refractivity contribution in [3.8, 4) is 0 Å². The van der Waals surface area contributed by atoms with Gasteiger partial charge in [-0.05, 0) is 33.5 Å². The van der Waals surface area contributed by atoms with Crippen molar-refractivity contribution in [3.05, 3.63) is 12.2 Å². The molecule has 4 nitrogen and oxygen atoms in total. The minimum atomic E-state index is -0.250. The molecule has 98 valence electrons. The Morgan fingerprint density at radius 2 is 2.18 bits per heavy atom. The van der Waals surface area contributed by atoms with Crippen molar-refractivity contribution in [3.63, 3.8) is 0 Å². The molecule has 0 saturated carbocycles. The standard InChI is InChI=1S/C13H24N2O2/c1-13(6-4-7-14-13)12(11-16)5-9-17-10-8-15(2)3/h4,6-7,12,16H,5,8-11H2,1-3H3. The minimum Gasteiger partial charge on any atom is -0.396 e. The summed E-state index contributed by atoms with van der Waals surface area (Å²) in [7, 11) is 4.05. The number of nitrogens with zero attached hydrogens (tertiary/aromatic N) is 2. The zero-order valence-electron chi connectivity index (χ0n) is 11.1. The summed E-state index contributed by atoms with van der Waals surface area (Å²) in [5.41, 5.74) is -0.250. The van der Waals surface area contributed by atoms with Crippen molar-refractivity contribution in [1.82, 2.24) is 4.90 Å². The molecule has 0 aliphatic carbocycles. The Morgan fingerprint density at radius 1 is 1.41 bits per heavy atom. The highest BCUT2D eigenvalue weighted by Gasteiger charge is 2.31. The molecule has 2 atom stereocenters. The third-order valence-corrected chi connectivity index (χ3v) is 3.21. The first-order valence-electron chi connectivity index (χ1n) is 6.15. The summed E-state index contributed by atoms with van der Waals surface area (Å²) in [4.78, 5) is 6.50. The van der Waals surface area contributed by atoms with E-state index in [0.717, 1.165) is 19.6 Å². The van der Waals surface area contributed by atoms with Crippen LogP contribution in [-0.4, -0.2) is 62.2 Å².